The molecule has 3 aliphatic rings. The summed E-state index contributed by atoms with van der Waals surface area (Å²) in [6, 6.07) is 7.16. The Morgan fingerprint density at radius 2 is 2.00 bits per heavy atom. The number of hydrogen-bond donors (Lipinski definition) is 2. The van der Waals surface area contributed by atoms with Crippen LogP contribution in [0.4, 0.5) is 5.69 Å². The molecule has 32 heavy (non-hydrogen) atoms. The molecule has 1 saturated carbocycles. The first-order valence-electron chi connectivity index (χ1n) is 12.9. The van der Waals surface area contributed by atoms with Gasteiger partial charge in [-0.05, 0) is 74.5 Å². The van der Waals surface area contributed by atoms with Crippen LogP contribution in [0.15, 0.2) is 24.4 Å². The summed E-state index contributed by atoms with van der Waals surface area (Å²) in [6.45, 7) is 4.63. The number of aliphatic hydroxyl groups is 1. The summed E-state index contributed by atoms with van der Waals surface area (Å²) in [7, 11) is 0. The molecule has 5 nitrogen and oxygen atoms in total. The summed E-state index contributed by atoms with van der Waals surface area (Å²) in [6.07, 6.45) is 13.1. The van der Waals surface area contributed by atoms with Gasteiger partial charge in [0, 0.05) is 61.0 Å². The lowest BCUT2D eigenvalue weighted by Crippen LogP contribution is -2.54. The Labute approximate surface area is 192 Å². The second kappa shape index (κ2) is 9.46. The molecular formula is C27H39N3O2. The number of carbonyl (C=O) groups excluding carboxylic acids is 1. The van der Waals surface area contributed by atoms with Crippen LogP contribution >= 0.6 is 0 Å². The number of piperidine rings is 2. The first kappa shape index (κ1) is 21.8. The van der Waals surface area contributed by atoms with E-state index in [2.05, 4.69) is 46.1 Å². The van der Waals surface area contributed by atoms with Gasteiger partial charge in [0.1, 0.15) is 0 Å². The zero-order valence-electron chi connectivity index (χ0n) is 19.6. The third kappa shape index (κ3) is 4.16. The van der Waals surface area contributed by atoms with Gasteiger partial charge in [-0.3, -0.25) is 4.79 Å². The van der Waals surface area contributed by atoms with Crippen LogP contribution < -0.4 is 4.90 Å². The van der Waals surface area contributed by atoms with Crippen molar-refractivity contribution >= 4 is 22.5 Å². The highest BCUT2D eigenvalue weighted by Crippen LogP contribution is 2.41. The number of nitrogens with zero attached hydrogens (tertiary/aromatic N) is 2. The van der Waals surface area contributed by atoms with Crippen LogP contribution in [-0.4, -0.2) is 52.7 Å². The molecule has 5 heteroatoms. The van der Waals surface area contributed by atoms with Gasteiger partial charge in [-0.25, -0.2) is 0 Å². The van der Waals surface area contributed by atoms with Crippen LogP contribution in [0.3, 0.4) is 0 Å². The van der Waals surface area contributed by atoms with E-state index in [1.807, 2.05) is 0 Å². The third-order valence-corrected chi connectivity index (χ3v) is 8.32. The maximum atomic E-state index is 13.6. The number of carbonyl (C=O) groups is 1. The molecule has 4 unspecified atom stereocenters. The van der Waals surface area contributed by atoms with E-state index in [9.17, 15) is 9.90 Å². The number of rotatable bonds is 6. The predicted octanol–water partition coefficient (Wildman–Crippen LogP) is 5.19. The van der Waals surface area contributed by atoms with E-state index < -0.39 is 0 Å². The van der Waals surface area contributed by atoms with Crippen molar-refractivity contribution in [1.29, 1.82) is 0 Å². The number of fused-ring (bicyclic) bond motifs is 3. The van der Waals surface area contributed by atoms with Crippen LogP contribution in [0.1, 0.15) is 82.6 Å². The summed E-state index contributed by atoms with van der Waals surface area (Å²) >= 11 is 0. The molecule has 5 rings (SSSR count). The van der Waals surface area contributed by atoms with Gasteiger partial charge in [-0.2, -0.15) is 0 Å². The highest BCUT2D eigenvalue weighted by Gasteiger charge is 2.40. The number of likely N-dealkylation sites (tertiary alicyclic amines) is 1. The van der Waals surface area contributed by atoms with E-state index in [1.165, 1.54) is 54.3 Å². The molecule has 3 heterocycles. The monoisotopic (exact) mass is 437 g/mol. The van der Waals surface area contributed by atoms with Crippen LogP contribution in [-0.2, 0) is 4.79 Å². The van der Waals surface area contributed by atoms with Crippen LogP contribution in [0.5, 0.6) is 0 Å². The fraction of sp³-hybridized carbons (Fsp3) is 0.667. The van der Waals surface area contributed by atoms with E-state index in [4.69, 9.17) is 0 Å². The zero-order valence-corrected chi connectivity index (χ0v) is 19.6. The minimum atomic E-state index is 0.165. The first-order chi connectivity index (χ1) is 15.7. The molecule has 1 aliphatic carbocycles. The molecule has 2 bridgehead atoms. The molecule has 2 saturated heterocycles. The summed E-state index contributed by atoms with van der Waals surface area (Å²) in [4.78, 5) is 21.8. The van der Waals surface area contributed by atoms with Crippen LogP contribution in [0.2, 0.25) is 0 Å². The van der Waals surface area contributed by atoms with E-state index >= 15 is 0 Å². The summed E-state index contributed by atoms with van der Waals surface area (Å²) in [5.41, 5.74) is 3.77. The van der Waals surface area contributed by atoms with Crippen molar-refractivity contribution in [1.82, 2.24) is 9.88 Å². The van der Waals surface area contributed by atoms with E-state index in [-0.39, 0.29) is 24.5 Å². The molecule has 1 aromatic carbocycles. The Balaban J connectivity index is 1.38. The number of benzene rings is 1. The molecule has 3 fully saturated rings. The smallest absolute Gasteiger partial charge is 0.223 e. The molecule has 2 aliphatic heterocycles. The SMILES string of the molecule is CC(CC(=O)N1C(CCO)CC2CCCC1C2)c1c[nH]c2cccc(N3CCCCC3)c12. The largest absolute Gasteiger partial charge is 0.396 e. The Hall–Kier alpha value is -2.01. The molecule has 0 radical (unpaired) electrons. The summed E-state index contributed by atoms with van der Waals surface area (Å²) < 4.78 is 0. The van der Waals surface area contributed by atoms with Crippen molar-refractivity contribution in [3.05, 3.63) is 30.0 Å². The fourth-order valence-electron chi connectivity index (χ4n) is 6.79. The van der Waals surface area contributed by atoms with E-state index in [1.54, 1.807) is 0 Å². The molecular weight excluding hydrogens is 398 g/mol. The highest BCUT2D eigenvalue weighted by atomic mass is 16.3. The Bertz CT molecular complexity index is 932. The minimum Gasteiger partial charge on any atom is -0.396 e. The second-order valence-electron chi connectivity index (χ2n) is 10.5. The summed E-state index contributed by atoms with van der Waals surface area (Å²) in [5.74, 6) is 1.19. The van der Waals surface area contributed by atoms with Gasteiger partial charge in [-0.15, -0.1) is 0 Å². The van der Waals surface area contributed by atoms with Gasteiger partial charge in [0.25, 0.3) is 0 Å². The van der Waals surface area contributed by atoms with Gasteiger partial charge in [0.2, 0.25) is 5.91 Å². The van der Waals surface area contributed by atoms with Crippen molar-refractivity contribution in [2.75, 3.05) is 24.6 Å². The number of anilines is 1. The maximum Gasteiger partial charge on any atom is 0.223 e. The van der Waals surface area contributed by atoms with Crippen molar-refractivity contribution in [3.63, 3.8) is 0 Å². The van der Waals surface area contributed by atoms with E-state index in [0.717, 1.165) is 44.7 Å². The number of aromatic amines is 1. The average Bonchev–Trinajstić information content (AvgIpc) is 3.24. The molecule has 4 atom stereocenters. The Kier molecular flexibility index (Phi) is 6.45. The molecule has 174 valence electrons. The fourth-order valence-corrected chi connectivity index (χ4v) is 6.79. The van der Waals surface area contributed by atoms with Gasteiger partial charge >= 0.3 is 0 Å². The standard InChI is InChI=1S/C27H39N3O2/c1-19(15-26(32)30-21-8-5-7-20(16-21)17-22(30)11-14-31)23-18-28-24-9-6-10-25(27(23)24)29-12-3-2-4-13-29/h6,9-10,18-22,28,31H,2-5,7-8,11-17H2,1H3. The van der Waals surface area contributed by atoms with Crippen molar-refractivity contribution in [3.8, 4) is 0 Å². The van der Waals surface area contributed by atoms with Crippen LogP contribution in [0, 0.1) is 5.92 Å². The van der Waals surface area contributed by atoms with Crippen molar-refractivity contribution in [2.24, 2.45) is 5.92 Å². The van der Waals surface area contributed by atoms with Crippen molar-refractivity contribution < 1.29 is 9.90 Å². The number of aromatic nitrogens is 1. The van der Waals surface area contributed by atoms with Gasteiger partial charge in [-0.1, -0.05) is 25.8 Å². The summed E-state index contributed by atoms with van der Waals surface area (Å²) in [5, 5.41) is 10.9. The molecule has 2 N–H and O–H groups in total. The molecule has 0 spiro atoms. The Morgan fingerprint density at radius 3 is 2.81 bits per heavy atom. The second-order valence-corrected chi connectivity index (χ2v) is 10.5. The lowest BCUT2D eigenvalue weighted by molar-refractivity contribution is -0.142. The van der Waals surface area contributed by atoms with Gasteiger partial charge < -0.3 is 19.9 Å². The predicted molar refractivity (Wildman–Crippen MR) is 130 cm³/mol. The number of hydrogen-bond acceptors (Lipinski definition) is 3. The Morgan fingerprint density at radius 1 is 1.16 bits per heavy atom. The van der Waals surface area contributed by atoms with E-state index in [0.29, 0.717) is 12.5 Å². The topological polar surface area (TPSA) is 59.6 Å². The normalized spacial score (nSPS) is 27.0. The highest BCUT2D eigenvalue weighted by molar-refractivity contribution is 5.96. The lowest BCUT2D eigenvalue weighted by atomic mass is 9.75. The molecule has 1 aromatic heterocycles. The number of amides is 1. The zero-order chi connectivity index (χ0) is 22.1. The van der Waals surface area contributed by atoms with Crippen LogP contribution in [0.25, 0.3) is 10.9 Å². The number of aliphatic hydroxyl groups excluding tert-OH is 1. The number of nitrogens with one attached hydrogen (secondary N) is 1. The average molecular weight is 438 g/mol. The minimum absolute atomic E-state index is 0.165. The third-order valence-electron chi connectivity index (χ3n) is 8.32. The maximum absolute atomic E-state index is 13.6. The van der Waals surface area contributed by atoms with Crippen molar-refractivity contribution in [2.45, 2.75) is 89.1 Å². The van der Waals surface area contributed by atoms with Gasteiger partial charge in [0.15, 0.2) is 0 Å². The lowest BCUT2D eigenvalue weighted by Gasteiger charge is -2.48. The molecule has 2 aromatic rings. The quantitative estimate of drug-likeness (QED) is 0.653. The van der Waals surface area contributed by atoms with Gasteiger partial charge in [0.05, 0.1) is 0 Å². The first-order valence-corrected chi connectivity index (χ1v) is 12.9. The molecule has 1 amide bonds. The number of H-pyrrole nitrogens is 1.